The molecule has 0 aliphatic carbocycles. The summed E-state index contributed by atoms with van der Waals surface area (Å²) in [6.45, 7) is 7.71. The van der Waals surface area contributed by atoms with Crippen LogP contribution < -0.4 is 20.1 Å². The molecule has 1 heterocycles. The van der Waals surface area contributed by atoms with Crippen LogP contribution in [0.4, 0.5) is 5.69 Å². The number of hydrogen-bond donors (Lipinski definition) is 2. The molecule has 1 aliphatic heterocycles. The van der Waals surface area contributed by atoms with Gasteiger partial charge in [0.05, 0.1) is 18.6 Å². The molecule has 1 amide bonds. The maximum absolute atomic E-state index is 12.6. The third-order valence-electron chi connectivity index (χ3n) is 5.07. The average molecular weight is 483 g/mol. The quantitative estimate of drug-likeness (QED) is 0.277. The first-order valence-electron chi connectivity index (χ1n) is 11.1. The van der Waals surface area contributed by atoms with E-state index in [4.69, 9.17) is 14.2 Å². The van der Waals surface area contributed by atoms with Crippen LogP contribution in [0.5, 0.6) is 11.5 Å². The molecular formula is C26H30N2O5S. The highest BCUT2D eigenvalue weighted by atomic mass is 32.2. The monoisotopic (exact) mass is 482 g/mol. The van der Waals surface area contributed by atoms with Crippen LogP contribution in [0.2, 0.25) is 0 Å². The lowest BCUT2D eigenvalue weighted by molar-refractivity contribution is -0.145. The molecule has 3 rings (SSSR count). The summed E-state index contributed by atoms with van der Waals surface area (Å²) in [6.07, 6.45) is 5.03. The minimum absolute atomic E-state index is 0.153. The van der Waals surface area contributed by atoms with E-state index in [0.29, 0.717) is 22.8 Å². The number of carbonyl (C=O) groups is 2. The third-order valence-corrected chi connectivity index (χ3v) is 6.10. The highest BCUT2D eigenvalue weighted by Crippen LogP contribution is 2.36. The van der Waals surface area contributed by atoms with Crippen molar-refractivity contribution in [1.82, 2.24) is 5.32 Å². The van der Waals surface area contributed by atoms with Gasteiger partial charge in [0.25, 0.3) is 5.91 Å². The number of allylic oxidation sites excluding steroid dienone is 1. The van der Waals surface area contributed by atoms with Gasteiger partial charge < -0.3 is 24.8 Å². The zero-order valence-electron chi connectivity index (χ0n) is 19.7. The minimum atomic E-state index is -0.456. The molecular weight excluding hydrogens is 452 g/mol. The van der Waals surface area contributed by atoms with Crippen LogP contribution in [0.15, 0.2) is 54.0 Å². The summed E-state index contributed by atoms with van der Waals surface area (Å²) in [5, 5.41) is 6.27. The Morgan fingerprint density at radius 1 is 1.24 bits per heavy atom. The molecule has 180 valence electrons. The molecule has 2 N–H and O–H groups in total. The fourth-order valence-corrected chi connectivity index (χ4v) is 4.41. The number of benzene rings is 2. The van der Waals surface area contributed by atoms with E-state index >= 15 is 0 Å². The SMILES string of the molecule is C=CCc1cc(/C=C2\S[C@H](Nc3ccc(CC)cc3)NC2=O)cc(OC)c1OCC(=O)OCC. The molecule has 8 heteroatoms. The number of carbonyl (C=O) groups excluding carboxylic acids is 2. The first kappa shape index (κ1) is 25.2. The Balaban J connectivity index is 1.79. The maximum atomic E-state index is 12.6. The van der Waals surface area contributed by atoms with Gasteiger partial charge in [0.15, 0.2) is 23.6 Å². The number of rotatable bonds is 11. The Morgan fingerprint density at radius 2 is 2.00 bits per heavy atom. The zero-order valence-corrected chi connectivity index (χ0v) is 20.5. The van der Waals surface area contributed by atoms with Crippen molar-refractivity contribution in [3.8, 4) is 11.5 Å². The van der Waals surface area contributed by atoms with E-state index in [1.54, 1.807) is 19.1 Å². The van der Waals surface area contributed by atoms with Crippen LogP contribution in [0.3, 0.4) is 0 Å². The molecule has 0 aromatic heterocycles. The van der Waals surface area contributed by atoms with Crippen molar-refractivity contribution >= 4 is 35.4 Å². The van der Waals surface area contributed by atoms with Crippen molar-refractivity contribution in [3.63, 3.8) is 0 Å². The topological polar surface area (TPSA) is 85.9 Å². The second-order valence-corrected chi connectivity index (χ2v) is 8.62. The van der Waals surface area contributed by atoms with Crippen molar-refractivity contribution < 1.29 is 23.8 Å². The van der Waals surface area contributed by atoms with Crippen molar-refractivity contribution in [2.75, 3.05) is 25.6 Å². The molecule has 7 nitrogen and oxygen atoms in total. The molecule has 1 atom stereocenters. The van der Waals surface area contributed by atoms with Crippen LogP contribution in [-0.2, 0) is 27.2 Å². The Hall–Kier alpha value is -3.39. The van der Waals surface area contributed by atoms with Crippen molar-refractivity contribution in [2.45, 2.75) is 32.2 Å². The average Bonchev–Trinajstić information content (AvgIpc) is 3.17. The Bertz CT molecular complexity index is 1070. The Labute approximate surface area is 204 Å². The maximum Gasteiger partial charge on any atom is 0.344 e. The van der Waals surface area contributed by atoms with Crippen LogP contribution in [0.1, 0.15) is 30.5 Å². The highest BCUT2D eigenvalue weighted by molar-refractivity contribution is 8.05. The van der Waals surface area contributed by atoms with E-state index in [-0.39, 0.29) is 24.6 Å². The predicted molar refractivity (Wildman–Crippen MR) is 136 cm³/mol. The number of anilines is 1. The van der Waals surface area contributed by atoms with Gasteiger partial charge in [-0.05, 0) is 61.2 Å². The molecule has 1 aliphatic rings. The smallest absolute Gasteiger partial charge is 0.344 e. The van der Waals surface area contributed by atoms with Crippen LogP contribution >= 0.6 is 11.8 Å². The lowest BCUT2D eigenvalue weighted by Crippen LogP contribution is -2.30. The van der Waals surface area contributed by atoms with Crippen LogP contribution in [-0.4, -0.2) is 37.7 Å². The summed E-state index contributed by atoms with van der Waals surface area (Å²) >= 11 is 1.41. The van der Waals surface area contributed by atoms with Crippen molar-refractivity contribution in [2.24, 2.45) is 0 Å². The lowest BCUT2D eigenvalue weighted by atomic mass is 10.0. The first-order chi connectivity index (χ1) is 16.5. The van der Waals surface area contributed by atoms with E-state index in [0.717, 1.165) is 23.2 Å². The number of nitrogens with one attached hydrogen (secondary N) is 2. The van der Waals surface area contributed by atoms with Crippen LogP contribution in [0, 0.1) is 0 Å². The van der Waals surface area contributed by atoms with Gasteiger partial charge in [-0.25, -0.2) is 4.79 Å². The molecule has 1 saturated heterocycles. The largest absolute Gasteiger partial charge is 0.493 e. The molecule has 2 aromatic rings. The van der Waals surface area contributed by atoms with Crippen molar-refractivity contribution in [1.29, 1.82) is 0 Å². The summed E-state index contributed by atoms with van der Waals surface area (Å²) < 4.78 is 16.2. The summed E-state index contributed by atoms with van der Waals surface area (Å²) in [5.41, 5.74) is 3.50. The summed E-state index contributed by atoms with van der Waals surface area (Å²) in [7, 11) is 1.53. The third kappa shape index (κ3) is 6.57. The van der Waals surface area contributed by atoms with E-state index < -0.39 is 5.97 Å². The van der Waals surface area contributed by atoms with E-state index in [1.165, 1.54) is 24.4 Å². The van der Waals surface area contributed by atoms with Gasteiger partial charge >= 0.3 is 5.97 Å². The predicted octanol–water partition coefficient (Wildman–Crippen LogP) is 4.53. The molecule has 0 spiro atoms. The molecule has 34 heavy (non-hydrogen) atoms. The van der Waals surface area contributed by atoms with Gasteiger partial charge in [0.2, 0.25) is 0 Å². The summed E-state index contributed by atoms with van der Waals surface area (Å²) in [6, 6.07) is 11.8. The minimum Gasteiger partial charge on any atom is -0.493 e. The molecule has 0 radical (unpaired) electrons. The van der Waals surface area contributed by atoms with Gasteiger partial charge in [-0.15, -0.1) is 6.58 Å². The number of esters is 1. The van der Waals surface area contributed by atoms with Crippen molar-refractivity contribution in [3.05, 3.63) is 70.6 Å². The Morgan fingerprint density at radius 3 is 2.65 bits per heavy atom. The molecule has 0 unspecified atom stereocenters. The Kier molecular flexibility index (Phi) is 9.04. The molecule has 2 aromatic carbocycles. The second-order valence-electron chi connectivity index (χ2n) is 7.47. The van der Waals surface area contributed by atoms with E-state index in [2.05, 4.69) is 36.3 Å². The van der Waals surface area contributed by atoms with E-state index in [1.807, 2.05) is 24.3 Å². The van der Waals surface area contributed by atoms with Gasteiger partial charge in [-0.1, -0.05) is 36.9 Å². The number of hydrogen-bond acceptors (Lipinski definition) is 7. The molecule has 1 fully saturated rings. The molecule has 0 bridgehead atoms. The zero-order chi connectivity index (χ0) is 24.5. The standard InChI is InChI=1S/C26H30N2O5S/c1-5-8-19-13-18(14-21(31-4)24(19)33-16-23(29)32-7-3)15-22-25(30)28-26(34-22)27-20-11-9-17(6-2)10-12-20/h5,9-15,26-27H,1,6-8,16H2,2-4H3,(H,28,30)/b22-15-/t26-/m1/s1. The van der Waals surface area contributed by atoms with E-state index in [9.17, 15) is 9.59 Å². The van der Waals surface area contributed by atoms with Gasteiger partial charge in [0.1, 0.15) is 0 Å². The first-order valence-corrected chi connectivity index (χ1v) is 12.0. The highest BCUT2D eigenvalue weighted by Gasteiger charge is 2.27. The number of methoxy groups -OCH3 is 1. The number of ether oxygens (including phenoxy) is 3. The number of amides is 1. The van der Waals surface area contributed by atoms with Crippen LogP contribution in [0.25, 0.3) is 6.08 Å². The fourth-order valence-electron chi connectivity index (χ4n) is 3.43. The van der Waals surface area contributed by atoms with Gasteiger partial charge in [0, 0.05) is 11.3 Å². The lowest BCUT2D eigenvalue weighted by Gasteiger charge is -2.15. The van der Waals surface area contributed by atoms with Gasteiger partial charge in [-0.2, -0.15) is 0 Å². The van der Waals surface area contributed by atoms with Gasteiger partial charge in [-0.3, -0.25) is 4.79 Å². The summed E-state index contributed by atoms with van der Waals surface area (Å²) in [4.78, 5) is 24.9. The molecule has 0 saturated carbocycles. The number of aryl methyl sites for hydroxylation is 1. The second kappa shape index (κ2) is 12.2. The summed E-state index contributed by atoms with van der Waals surface area (Å²) in [5.74, 6) is 0.308. The number of thioether (sulfide) groups is 1. The normalized spacial score (nSPS) is 16.1. The fraction of sp³-hybridized carbons (Fsp3) is 0.308.